The number of nitrogen functional groups attached to an aromatic ring is 1. The zero-order chi connectivity index (χ0) is 27.3. The van der Waals surface area contributed by atoms with Crippen molar-refractivity contribution in [1.29, 1.82) is 5.41 Å². The number of carbonyl (C=O) groups excluding carboxylic acids is 1. The van der Waals surface area contributed by atoms with Crippen molar-refractivity contribution in [2.45, 2.75) is 43.4 Å². The molecular weight excluding hydrogens is 542 g/mol. The smallest absolute Gasteiger partial charge is 0.283 e. The van der Waals surface area contributed by atoms with Gasteiger partial charge in [-0.25, -0.2) is 13.4 Å². The fourth-order valence-corrected chi connectivity index (χ4v) is 7.52. The lowest BCUT2D eigenvalue weighted by Crippen LogP contribution is -2.57. The Balaban J connectivity index is 1.27. The number of piperazine rings is 1. The first-order chi connectivity index (χ1) is 18.7. The van der Waals surface area contributed by atoms with E-state index in [1.807, 2.05) is 0 Å². The highest BCUT2D eigenvalue weighted by molar-refractivity contribution is 7.89. The number of aromatic amines is 2. The minimum Gasteiger partial charge on any atom is -0.384 e. The summed E-state index contributed by atoms with van der Waals surface area (Å²) in [5, 5.41) is 26.2. The molecule has 0 aliphatic carbocycles. The summed E-state index contributed by atoms with van der Waals surface area (Å²) in [4.78, 5) is 24.0. The number of carbonyl (C=O) groups is 1. The van der Waals surface area contributed by atoms with E-state index in [0.29, 0.717) is 39.9 Å². The number of amides is 1. The Morgan fingerprint density at radius 2 is 2.13 bits per heavy atom. The van der Waals surface area contributed by atoms with Crippen LogP contribution in [0.2, 0.25) is 0 Å². The molecule has 2 aliphatic rings. The Labute approximate surface area is 227 Å². The van der Waals surface area contributed by atoms with E-state index in [4.69, 9.17) is 11.1 Å². The Morgan fingerprint density at radius 3 is 2.90 bits per heavy atom. The topological polar surface area (TPSA) is 203 Å². The number of hydrogen-bond acceptors (Lipinski definition) is 10. The zero-order valence-electron chi connectivity index (χ0n) is 21.0. The maximum absolute atomic E-state index is 13.7. The summed E-state index contributed by atoms with van der Waals surface area (Å²) in [7, 11) is -3.92. The van der Waals surface area contributed by atoms with E-state index in [-0.39, 0.29) is 42.8 Å². The third-order valence-corrected chi connectivity index (χ3v) is 9.98. The molecule has 2 aliphatic heterocycles. The highest BCUT2D eigenvalue weighted by Gasteiger charge is 2.39. The SMILES string of the molecule is CC1Cc2nc(C(=O)N3CCN(S(=O)(=O)c4cc5ccc(C(=N)N)cc5[nH]4)CC3Cc3nn[nH]n3)sc2CN1. The molecule has 1 amide bonds. The van der Waals surface area contributed by atoms with E-state index in [1.165, 1.54) is 15.6 Å². The monoisotopic (exact) mass is 569 g/mol. The number of amidine groups is 1. The van der Waals surface area contributed by atoms with Crippen molar-refractivity contribution >= 4 is 44.0 Å². The Bertz CT molecular complexity index is 1660. The van der Waals surface area contributed by atoms with Gasteiger partial charge < -0.3 is 20.9 Å². The Kier molecular flexibility index (Phi) is 6.41. The second kappa shape index (κ2) is 9.78. The molecule has 0 spiro atoms. The molecule has 39 heavy (non-hydrogen) atoms. The molecule has 1 saturated heterocycles. The van der Waals surface area contributed by atoms with Gasteiger partial charge in [0.15, 0.2) is 10.8 Å². The van der Waals surface area contributed by atoms with Crippen molar-refractivity contribution in [3.05, 3.63) is 51.2 Å². The molecular formula is C23H27N11O3S2. The molecule has 3 aromatic heterocycles. The molecule has 14 nitrogen and oxygen atoms in total. The molecule has 204 valence electrons. The van der Waals surface area contributed by atoms with Crippen LogP contribution in [0, 0.1) is 5.41 Å². The van der Waals surface area contributed by atoms with E-state index in [1.54, 1.807) is 29.2 Å². The number of nitrogens with zero attached hydrogens (tertiary/aromatic N) is 6. The van der Waals surface area contributed by atoms with E-state index in [9.17, 15) is 13.2 Å². The predicted octanol–water partition coefficient (Wildman–Crippen LogP) is 0.214. The van der Waals surface area contributed by atoms with E-state index < -0.39 is 16.1 Å². The summed E-state index contributed by atoms with van der Waals surface area (Å²) in [6.07, 6.45) is 0.989. The lowest BCUT2D eigenvalue weighted by atomic mass is 10.1. The first-order valence-electron chi connectivity index (χ1n) is 12.4. The molecule has 4 aromatic rings. The summed E-state index contributed by atoms with van der Waals surface area (Å²) in [6, 6.07) is 6.38. The number of thiazole rings is 1. The minimum absolute atomic E-state index is 0.0329. The molecule has 6 N–H and O–H groups in total. The molecule has 16 heteroatoms. The molecule has 1 aromatic carbocycles. The number of tetrazole rings is 1. The van der Waals surface area contributed by atoms with Gasteiger partial charge in [-0.2, -0.15) is 9.52 Å². The number of rotatable bonds is 6. The van der Waals surface area contributed by atoms with Gasteiger partial charge in [-0.05, 0) is 19.1 Å². The number of sulfonamides is 1. The number of fused-ring (bicyclic) bond motifs is 2. The lowest BCUT2D eigenvalue weighted by molar-refractivity contribution is 0.0561. The fraction of sp³-hybridized carbons (Fsp3) is 0.391. The van der Waals surface area contributed by atoms with Gasteiger partial charge in [-0.3, -0.25) is 10.2 Å². The van der Waals surface area contributed by atoms with Crippen LogP contribution >= 0.6 is 11.3 Å². The number of aromatic nitrogens is 6. The Morgan fingerprint density at radius 1 is 1.28 bits per heavy atom. The molecule has 2 unspecified atom stereocenters. The van der Waals surface area contributed by atoms with Crippen LogP contribution in [0.1, 0.15) is 38.7 Å². The maximum atomic E-state index is 13.7. The molecule has 6 rings (SSSR count). The van der Waals surface area contributed by atoms with Crippen LogP contribution in [0.4, 0.5) is 0 Å². The minimum atomic E-state index is -3.92. The molecule has 0 saturated carbocycles. The number of nitrogens with one attached hydrogen (secondary N) is 4. The number of hydrogen-bond donors (Lipinski definition) is 5. The predicted molar refractivity (Wildman–Crippen MR) is 143 cm³/mol. The third kappa shape index (κ3) is 4.80. The molecule has 0 radical (unpaired) electrons. The van der Waals surface area contributed by atoms with Gasteiger partial charge in [0.2, 0.25) is 0 Å². The van der Waals surface area contributed by atoms with Crippen molar-refractivity contribution in [1.82, 2.24) is 45.1 Å². The van der Waals surface area contributed by atoms with Gasteiger partial charge in [0, 0.05) is 66.4 Å². The molecule has 0 bridgehead atoms. The first kappa shape index (κ1) is 25.5. The summed E-state index contributed by atoms with van der Waals surface area (Å²) in [5.74, 6) is 0.0544. The standard InChI is InChI=1S/C23H27N11O3S2/c1-12-6-17-18(10-26-12)38-22(28-17)23(35)34-5-4-33(11-15(34)9-19-29-31-32-30-19)39(36,37)20-8-13-2-3-14(21(24)25)7-16(13)27-20/h2-3,7-8,12,15,26-27H,4-6,9-11H2,1H3,(H3,24,25)(H,29,30,31,32). The van der Waals surface area contributed by atoms with Gasteiger partial charge in [0.1, 0.15) is 10.9 Å². The van der Waals surface area contributed by atoms with E-state index >= 15 is 0 Å². The van der Waals surface area contributed by atoms with Gasteiger partial charge >= 0.3 is 0 Å². The van der Waals surface area contributed by atoms with Gasteiger partial charge in [0.25, 0.3) is 15.9 Å². The normalized spacial score (nSPS) is 20.3. The van der Waals surface area contributed by atoms with Crippen LogP contribution in [0.3, 0.4) is 0 Å². The third-order valence-electron chi connectivity index (χ3n) is 7.11. The summed E-state index contributed by atoms with van der Waals surface area (Å²) >= 11 is 1.38. The summed E-state index contributed by atoms with van der Waals surface area (Å²) in [5.41, 5.74) is 7.59. The lowest BCUT2D eigenvalue weighted by Gasteiger charge is -2.39. The number of H-pyrrole nitrogens is 2. The zero-order valence-corrected chi connectivity index (χ0v) is 22.6. The van der Waals surface area contributed by atoms with Crippen molar-refractivity contribution in [2.24, 2.45) is 5.73 Å². The Hall–Kier alpha value is -3.73. The largest absolute Gasteiger partial charge is 0.384 e. The molecule has 1 fully saturated rings. The van der Waals surface area contributed by atoms with Crippen molar-refractivity contribution in [3.8, 4) is 0 Å². The molecule has 5 heterocycles. The quantitative estimate of drug-likeness (QED) is 0.159. The number of benzene rings is 1. The maximum Gasteiger partial charge on any atom is 0.283 e. The van der Waals surface area contributed by atoms with Crippen LogP contribution < -0.4 is 11.1 Å². The second-order valence-electron chi connectivity index (χ2n) is 9.77. The average Bonchev–Trinajstić information content (AvgIpc) is 3.67. The summed E-state index contributed by atoms with van der Waals surface area (Å²) < 4.78 is 28.8. The van der Waals surface area contributed by atoms with Crippen LogP contribution in [0.15, 0.2) is 29.3 Å². The first-order valence-corrected chi connectivity index (χ1v) is 14.7. The van der Waals surface area contributed by atoms with E-state index in [2.05, 4.69) is 42.8 Å². The van der Waals surface area contributed by atoms with Crippen molar-refractivity contribution in [3.63, 3.8) is 0 Å². The summed E-state index contributed by atoms with van der Waals surface area (Å²) in [6.45, 7) is 3.13. The van der Waals surface area contributed by atoms with E-state index in [0.717, 1.165) is 17.0 Å². The van der Waals surface area contributed by atoms with Crippen molar-refractivity contribution in [2.75, 3.05) is 19.6 Å². The second-order valence-corrected chi connectivity index (χ2v) is 12.8. The van der Waals surface area contributed by atoms with Gasteiger partial charge in [0.05, 0.1) is 11.7 Å². The van der Waals surface area contributed by atoms with Crippen LogP contribution in [-0.2, 0) is 29.4 Å². The molecule has 2 atom stereocenters. The van der Waals surface area contributed by atoms with Gasteiger partial charge in [-0.1, -0.05) is 17.3 Å². The van der Waals surface area contributed by atoms with Crippen LogP contribution in [0.25, 0.3) is 10.9 Å². The van der Waals surface area contributed by atoms with Crippen LogP contribution in [-0.4, -0.2) is 91.7 Å². The highest BCUT2D eigenvalue weighted by atomic mass is 32.2. The average molecular weight is 570 g/mol. The number of nitrogens with two attached hydrogens (primary N) is 1. The fourth-order valence-electron chi connectivity index (χ4n) is 5.04. The van der Waals surface area contributed by atoms with Gasteiger partial charge in [-0.15, -0.1) is 21.5 Å². The highest BCUT2D eigenvalue weighted by Crippen LogP contribution is 2.28. The van der Waals surface area contributed by atoms with Crippen molar-refractivity contribution < 1.29 is 13.2 Å². The van der Waals surface area contributed by atoms with Crippen LogP contribution in [0.5, 0.6) is 0 Å².